The van der Waals surface area contributed by atoms with Crippen molar-refractivity contribution in [1.29, 1.82) is 0 Å². The van der Waals surface area contributed by atoms with Crippen LogP contribution in [0.15, 0.2) is 30.3 Å². The van der Waals surface area contributed by atoms with E-state index in [0.29, 0.717) is 5.13 Å². The highest BCUT2D eigenvalue weighted by atomic mass is 32.1. The summed E-state index contributed by atoms with van der Waals surface area (Å²) in [6.45, 7) is 5.78. The van der Waals surface area contributed by atoms with Gasteiger partial charge in [0.25, 0.3) is 0 Å². The molecule has 2 rings (SSSR count). The maximum atomic E-state index is 12.3. The third kappa shape index (κ3) is 5.62. The van der Waals surface area contributed by atoms with Crippen LogP contribution >= 0.6 is 11.3 Å². The first-order valence-corrected chi connectivity index (χ1v) is 9.86. The molecule has 0 radical (unpaired) electrons. The number of rotatable bonds is 9. The van der Waals surface area contributed by atoms with Crippen LogP contribution < -0.4 is 10.6 Å². The fourth-order valence-electron chi connectivity index (χ4n) is 2.55. The van der Waals surface area contributed by atoms with Crippen molar-refractivity contribution >= 4 is 28.3 Å². The van der Waals surface area contributed by atoms with Crippen LogP contribution in [-0.2, 0) is 9.59 Å². The first kappa shape index (κ1) is 20.0. The molecular weight excluding hydrogens is 348 g/mol. The molecule has 1 aromatic carbocycles. The molecule has 0 spiro atoms. The smallest absolute Gasteiger partial charge is 0.248 e. The molecule has 0 saturated heterocycles. The summed E-state index contributed by atoms with van der Waals surface area (Å²) in [6.07, 6.45) is 3.70. The van der Waals surface area contributed by atoms with Crippen LogP contribution in [0.1, 0.15) is 46.5 Å². The zero-order chi connectivity index (χ0) is 18.9. The van der Waals surface area contributed by atoms with Crippen LogP contribution in [0.2, 0.25) is 0 Å². The van der Waals surface area contributed by atoms with Crippen LogP contribution in [0.5, 0.6) is 0 Å². The lowest BCUT2D eigenvalue weighted by Crippen LogP contribution is -2.44. The number of carbonyl (C=O) groups is 2. The van der Waals surface area contributed by atoms with Gasteiger partial charge in [-0.2, -0.15) is 0 Å². The molecule has 0 aliphatic rings. The van der Waals surface area contributed by atoms with Gasteiger partial charge in [-0.15, -0.1) is 10.2 Å². The van der Waals surface area contributed by atoms with E-state index in [0.717, 1.165) is 36.3 Å². The average molecular weight is 375 g/mol. The molecular formula is C19H26N4O2S. The number of hydrogen-bond donors (Lipinski definition) is 2. The highest BCUT2D eigenvalue weighted by molar-refractivity contribution is 7.18. The zero-order valence-corrected chi connectivity index (χ0v) is 16.3. The molecule has 6 nitrogen and oxygen atoms in total. The lowest BCUT2D eigenvalue weighted by atomic mass is 9.98. The summed E-state index contributed by atoms with van der Waals surface area (Å²) in [5, 5.41) is 14.8. The van der Waals surface area contributed by atoms with Gasteiger partial charge < -0.3 is 5.32 Å². The first-order chi connectivity index (χ1) is 12.5. The Kier molecular flexibility index (Phi) is 7.72. The minimum Gasteiger partial charge on any atom is -0.344 e. The van der Waals surface area contributed by atoms with Gasteiger partial charge in [0.1, 0.15) is 11.0 Å². The second kappa shape index (κ2) is 10.0. The molecule has 2 N–H and O–H groups in total. The summed E-state index contributed by atoms with van der Waals surface area (Å²) in [5.74, 6) is -0.401. The van der Waals surface area contributed by atoms with Crippen molar-refractivity contribution in [2.24, 2.45) is 5.92 Å². The minimum atomic E-state index is -0.623. The Labute approximate surface area is 158 Å². The molecule has 0 saturated carbocycles. The SMILES string of the molecule is CCCC[C@@H](CC)C(=O)N[C@H](C)C(=O)Nc1nnc(-c2ccccc2)s1. The molecule has 2 atom stereocenters. The highest BCUT2D eigenvalue weighted by Gasteiger charge is 2.22. The number of aromatic nitrogens is 2. The molecule has 0 fully saturated rings. The molecule has 1 aromatic heterocycles. The zero-order valence-electron chi connectivity index (χ0n) is 15.5. The largest absolute Gasteiger partial charge is 0.344 e. The Balaban J connectivity index is 1.91. The number of hydrogen-bond acceptors (Lipinski definition) is 5. The van der Waals surface area contributed by atoms with E-state index in [9.17, 15) is 9.59 Å². The predicted octanol–water partition coefficient (Wildman–Crippen LogP) is 3.86. The fourth-order valence-corrected chi connectivity index (χ4v) is 3.30. The van der Waals surface area contributed by atoms with Crippen molar-refractivity contribution in [2.75, 3.05) is 5.32 Å². The quantitative estimate of drug-likeness (QED) is 0.698. The summed E-state index contributed by atoms with van der Waals surface area (Å²) in [4.78, 5) is 24.7. The number of amides is 2. The topological polar surface area (TPSA) is 84.0 Å². The monoisotopic (exact) mass is 374 g/mol. The third-order valence-electron chi connectivity index (χ3n) is 4.20. The van der Waals surface area contributed by atoms with E-state index in [4.69, 9.17) is 0 Å². The normalized spacial score (nSPS) is 13.0. The fraction of sp³-hybridized carbons (Fsp3) is 0.474. The average Bonchev–Trinajstić information content (AvgIpc) is 3.11. The molecule has 26 heavy (non-hydrogen) atoms. The van der Waals surface area contributed by atoms with E-state index >= 15 is 0 Å². The number of nitrogens with zero attached hydrogens (tertiary/aromatic N) is 2. The number of anilines is 1. The summed E-state index contributed by atoms with van der Waals surface area (Å²) in [6, 6.07) is 9.04. The van der Waals surface area contributed by atoms with E-state index < -0.39 is 6.04 Å². The first-order valence-electron chi connectivity index (χ1n) is 9.05. The van der Waals surface area contributed by atoms with Gasteiger partial charge in [0, 0.05) is 11.5 Å². The van der Waals surface area contributed by atoms with E-state index in [-0.39, 0.29) is 17.7 Å². The molecule has 0 bridgehead atoms. The van der Waals surface area contributed by atoms with Crippen LogP contribution in [-0.4, -0.2) is 28.1 Å². The number of carbonyl (C=O) groups excluding carboxylic acids is 2. The van der Waals surface area contributed by atoms with Gasteiger partial charge in [-0.1, -0.05) is 68.4 Å². The van der Waals surface area contributed by atoms with E-state index in [2.05, 4.69) is 27.8 Å². The van der Waals surface area contributed by atoms with Crippen LogP contribution in [0.3, 0.4) is 0 Å². The van der Waals surface area contributed by atoms with Gasteiger partial charge in [-0.25, -0.2) is 0 Å². The lowest BCUT2D eigenvalue weighted by molar-refractivity contribution is -0.129. The molecule has 0 aliphatic heterocycles. The number of benzene rings is 1. The Morgan fingerprint density at radius 1 is 1.12 bits per heavy atom. The Morgan fingerprint density at radius 2 is 1.85 bits per heavy atom. The van der Waals surface area contributed by atoms with Gasteiger partial charge in [-0.3, -0.25) is 14.9 Å². The maximum absolute atomic E-state index is 12.3. The van der Waals surface area contributed by atoms with Crippen molar-refractivity contribution in [3.8, 4) is 10.6 Å². The number of nitrogens with one attached hydrogen (secondary N) is 2. The Morgan fingerprint density at radius 3 is 2.50 bits per heavy atom. The summed E-state index contributed by atoms with van der Waals surface area (Å²) >= 11 is 1.31. The van der Waals surface area contributed by atoms with E-state index in [1.807, 2.05) is 37.3 Å². The minimum absolute atomic E-state index is 0.0450. The molecule has 140 valence electrons. The third-order valence-corrected chi connectivity index (χ3v) is 5.09. The summed E-state index contributed by atoms with van der Waals surface area (Å²) in [5.41, 5.74) is 0.952. The van der Waals surface area contributed by atoms with Gasteiger partial charge >= 0.3 is 0 Å². The molecule has 1 heterocycles. The maximum Gasteiger partial charge on any atom is 0.248 e. The second-order valence-corrected chi connectivity index (χ2v) is 7.22. The number of unbranched alkanes of at least 4 members (excludes halogenated alkanes) is 1. The standard InChI is InChI=1S/C19H26N4O2S/c1-4-6-10-14(5-2)17(25)20-13(3)16(24)21-19-23-22-18(26-19)15-11-8-7-9-12-15/h7-9,11-14H,4-6,10H2,1-3H3,(H,20,25)(H,21,23,24)/t13-,14-/m1/s1. The summed E-state index contributed by atoms with van der Waals surface area (Å²) < 4.78 is 0. The molecule has 7 heteroatoms. The molecule has 0 unspecified atom stereocenters. The predicted molar refractivity (Wildman–Crippen MR) is 105 cm³/mol. The van der Waals surface area contributed by atoms with Crippen LogP contribution in [0.4, 0.5) is 5.13 Å². The lowest BCUT2D eigenvalue weighted by Gasteiger charge is -2.18. The van der Waals surface area contributed by atoms with Gasteiger partial charge in [0.15, 0.2) is 0 Å². The van der Waals surface area contributed by atoms with Crippen LogP contribution in [0.25, 0.3) is 10.6 Å². The molecule has 2 aromatic rings. The Bertz CT molecular complexity index is 717. The summed E-state index contributed by atoms with van der Waals surface area (Å²) in [7, 11) is 0. The van der Waals surface area contributed by atoms with Gasteiger partial charge in [0.2, 0.25) is 16.9 Å². The second-order valence-electron chi connectivity index (χ2n) is 6.25. The van der Waals surface area contributed by atoms with Crippen LogP contribution in [0, 0.1) is 5.92 Å². The van der Waals surface area contributed by atoms with Crippen molar-refractivity contribution in [1.82, 2.24) is 15.5 Å². The van der Waals surface area contributed by atoms with Gasteiger partial charge in [-0.05, 0) is 19.8 Å². The van der Waals surface area contributed by atoms with Crippen molar-refractivity contribution in [3.05, 3.63) is 30.3 Å². The Hall–Kier alpha value is -2.28. The van der Waals surface area contributed by atoms with Crippen molar-refractivity contribution in [3.63, 3.8) is 0 Å². The van der Waals surface area contributed by atoms with Gasteiger partial charge in [0.05, 0.1) is 0 Å². The van der Waals surface area contributed by atoms with Crippen molar-refractivity contribution < 1.29 is 9.59 Å². The molecule has 0 aliphatic carbocycles. The highest BCUT2D eigenvalue weighted by Crippen LogP contribution is 2.25. The van der Waals surface area contributed by atoms with Crippen molar-refractivity contribution in [2.45, 2.75) is 52.5 Å². The van der Waals surface area contributed by atoms with E-state index in [1.165, 1.54) is 11.3 Å². The molecule has 2 amide bonds. The van der Waals surface area contributed by atoms with E-state index in [1.54, 1.807) is 6.92 Å².